The van der Waals surface area contributed by atoms with Crippen LogP contribution in [0, 0.1) is 5.41 Å². The first-order chi connectivity index (χ1) is 5.78. The Kier molecular flexibility index (Phi) is 1.70. The van der Waals surface area contributed by atoms with E-state index in [1.165, 1.54) is 12.8 Å². The van der Waals surface area contributed by atoms with Crippen molar-refractivity contribution in [1.82, 2.24) is 4.98 Å². The zero-order valence-electron chi connectivity index (χ0n) is 7.09. The van der Waals surface area contributed by atoms with E-state index in [2.05, 4.69) is 4.98 Å². The molecule has 0 saturated heterocycles. The Labute approximate surface area is 72.1 Å². The molecule has 1 aliphatic carbocycles. The second kappa shape index (κ2) is 2.61. The SMILES string of the molecule is NCC1(C(N)c2ccc[nH]2)CC1. The van der Waals surface area contributed by atoms with Crippen molar-refractivity contribution in [2.24, 2.45) is 16.9 Å². The van der Waals surface area contributed by atoms with Crippen LogP contribution in [0.2, 0.25) is 0 Å². The molecule has 0 spiro atoms. The monoisotopic (exact) mass is 165 g/mol. The molecule has 0 aromatic carbocycles. The van der Waals surface area contributed by atoms with Crippen LogP contribution in [-0.2, 0) is 0 Å². The van der Waals surface area contributed by atoms with Gasteiger partial charge in [0.25, 0.3) is 0 Å². The first-order valence-electron chi connectivity index (χ1n) is 4.37. The Morgan fingerprint density at radius 3 is 2.75 bits per heavy atom. The summed E-state index contributed by atoms with van der Waals surface area (Å²) in [5, 5.41) is 0. The van der Waals surface area contributed by atoms with Gasteiger partial charge in [-0.25, -0.2) is 0 Å². The van der Waals surface area contributed by atoms with Crippen LogP contribution in [0.3, 0.4) is 0 Å². The van der Waals surface area contributed by atoms with Crippen molar-refractivity contribution in [3.8, 4) is 0 Å². The number of nitrogens with one attached hydrogen (secondary N) is 1. The number of hydrogen-bond acceptors (Lipinski definition) is 2. The molecule has 66 valence electrons. The minimum absolute atomic E-state index is 0.0949. The van der Waals surface area contributed by atoms with Crippen LogP contribution < -0.4 is 11.5 Å². The summed E-state index contributed by atoms with van der Waals surface area (Å²) >= 11 is 0. The van der Waals surface area contributed by atoms with E-state index >= 15 is 0 Å². The second-order valence-corrected chi connectivity index (χ2v) is 3.67. The van der Waals surface area contributed by atoms with Gasteiger partial charge in [-0.15, -0.1) is 0 Å². The number of rotatable bonds is 3. The van der Waals surface area contributed by atoms with Gasteiger partial charge in [-0.05, 0) is 31.5 Å². The van der Waals surface area contributed by atoms with E-state index in [1.54, 1.807) is 0 Å². The van der Waals surface area contributed by atoms with Crippen LogP contribution in [0.25, 0.3) is 0 Å². The molecule has 3 nitrogen and oxygen atoms in total. The number of hydrogen-bond donors (Lipinski definition) is 3. The summed E-state index contributed by atoms with van der Waals surface area (Å²) < 4.78 is 0. The molecule has 1 saturated carbocycles. The van der Waals surface area contributed by atoms with Gasteiger partial charge in [0.1, 0.15) is 0 Å². The molecule has 12 heavy (non-hydrogen) atoms. The molecule has 3 heteroatoms. The molecule has 0 aliphatic heterocycles. The highest BCUT2D eigenvalue weighted by Crippen LogP contribution is 2.52. The molecule has 1 aromatic heterocycles. The number of aromatic amines is 1. The maximum Gasteiger partial charge on any atom is 0.0517 e. The van der Waals surface area contributed by atoms with Crippen LogP contribution >= 0.6 is 0 Å². The van der Waals surface area contributed by atoms with E-state index in [0.29, 0.717) is 6.54 Å². The maximum atomic E-state index is 6.08. The summed E-state index contributed by atoms with van der Waals surface area (Å²) in [7, 11) is 0. The predicted molar refractivity (Wildman–Crippen MR) is 48.4 cm³/mol. The van der Waals surface area contributed by atoms with Gasteiger partial charge in [0.05, 0.1) is 6.04 Å². The lowest BCUT2D eigenvalue weighted by molar-refractivity contribution is 0.413. The molecule has 1 aromatic rings. The number of aromatic nitrogens is 1. The van der Waals surface area contributed by atoms with E-state index < -0.39 is 0 Å². The van der Waals surface area contributed by atoms with Gasteiger partial charge in [-0.3, -0.25) is 0 Å². The summed E-state index contributed by atoms with van der Waals surface area (Å²) in [5.74, 6) is 0. The summed E-state index contributed by atoms with van der Waals surface area (Å²) in [5.41, 5.74) is 13.1. The average Bonchev–Trinajstić information content (AvgIpc) is 2.71. The third-order valence-corrected chi connectivity index (χ3v) is 2.92. The molecular weight excluding hydrogens is 150 g/mol. The van der Waals surface area contributed by atoms with Crippen molar-refractivity contribution in [2.45, 2.75) is 18.9 Å². The van der Waals surface area contributed by atoms with Crippen LogP contribution in [-0.4, -0.2) is 11.5 Å². The fraction of sp³-hybridized carbons (Fsp3) is 0.556. The van der Waals surface area contributed by atoms with Gasteiger partial charge in [0.15, 0.2) is 0 Å². The van der Waals surface area contributed by atoms with E-state index in [1.807, 2.05) is 18.3 Å². The highest BCUT2D eigenvalue weighted by molar-refractivity contribution is 5.16. The Hall–Kier alpha value is -0.800. The molecule has 1 unspecified atom stereocenters. The fourth-order valence-corrected chi connectivity index (χ4v) is 1.67. The Balaban J connectivity index is 2.15. The smallest absolute Gasteiger partial charge is 0.0517 e. The zero-order valence-corrected chi connectivity index (χ0v) is 7.09. The van der Waals surface area contributed by atoms with Gasteiger partial charge in [-0.1, -0.05) is 0 Å². The van der Waals surface area contributed by atoms with E-state index in [0.717, 1.165) is 5.69 Å². The van der Waals surface area contributed by atoms with Crippen LogP contribution in [0.5, 0.6) is 0 Å². The Morgan fingerprint density at radius 1 is 1.58 bits per heavy atom. The van der Waals surface area contributed by atoms with Crippen molar-refractivity contribution in [1.29, 1.82) is 0 Å². The zero-order chi connectivity index (χ0) is 8.60. The molecule has 1 heterocycles. The second-order valence-electron chi connectivity index (χ2n) is 3.67. The molecule has 1 aliphatic rings. The molecule has 0 radical (unpaired) electrons. The highest BCUT2D eigenvalue weighted by Gasteiger charge is 2.47. The van der Waals surface area contributed by atoms with Gasteiger partial charge >= 0.3 is 0 Å². The highest BCUT2D eigenvalue weighted by atomic mass is 14.8. The Morgan fingerprint density at radius 2 is 2.33 bits per heavy atom. The molecular formula is C9H15N3. The Bertz CT molecular complexity index is 249. The fourth-order valence-electron chi connectivity index (χ4n) is 1.67. The van der Waals surface area contributed by atoms with Gasteiger partial charge in [0, 0.05) is 17.3 Å². The summed E-state index contributed by atoms with van der Waals surface area (Å²) in [4.78, 5) is 3.14. The van der Waals surface area contributed by atoms with E-state index in [-0.39, 0.29) is 11.5 Å². The summed E-state index contributed by atoms with van der Waals surface area (Å²) in [6.45, 7) is 0.702. The summed E-state index contributed by atoms with van der Waals surface area (Å²) in [6, 6.07) is 4.10. The van der Waals surface area contributed by atoms with Crippen LogP contribution in [0.4, 0.5) is 0 Å². The lowest BCUT2D eigenvalue weighted by Gasteiger charge is -2.20. The van der Waals surface area contributed by atoms with Gasteiger partial charge in [0.2, 0.25) is 0 Å². The standard InChI is InChI=1S/C9H15N3/c10-6-9(3-4-9)8(11)7-2-1-5-12-7/h1-2,5,8,12H,3-4,6,10-11H2. The quantitative estimate of drug-likeness (QED) is 0.618. The van der Waals surface area contributed by atoms with Crippen LogP contribution in [0.15, 0.2) is 18.3 Å². The van der Waals surface area contributed by atoms with Crippen molar-refractivity contribution < 1.29 is 0 Å². The number of H-pyrrole nitrogens is 1. The maximum absolute atomic E-state index is 6.08. The van der Waals surface area contributed by atoms with Crippen molar-refractivity contribution in [3.05, 3.63) is 24.0 Å². The number of nitrogens with two attached hydrogens (primary N) is 2. The molecule has 0 bridgehead atoms. The van der Waals surface area contributed by atoms with E-state index in [9.17, 15) is 0 Å². The first kappa shape index (κ1) is 7.83. The molecule has 1 fully saturated rings. The third kappa shape index (κ3) is 1.06. The molecule has 2 rings (SSSR count). The van der Waals surface area contributed by atoms with Crippen molar-refractivity contribution in [2.75, 3.05) is 6.54 Å². The minimum atomic E-state index is 0.0949. The predicted octanol–water partition coefficient (Wildman–Crippen LogP) is 0.753. The van der Waals surface area contributed by atoms with Crippen molar-refractivity contribution >= 4 is 0 Å². The van der Waals surface area contributed by atoms with E-state index in [4.69, 9.17) is 11.5 Å². The largest absolute Gasteiger partial charge is 0.364 e. The molecule has 5 N–H and O–H groups in total. The van der Waals surface area contributed by atoms with Gasteiger partial charge in [-0.2, -0.15) is 0 Å². The van der Waals surface area contributed by atoms with Crippen molar-refractivity contribution in [3.63, 3.8) is 0 Å². The lowest BCUT2D eigenvalue weighted by Crippen LogP contribution is -2.29. The van der Waals surface area contributed by atoms with Gasteiger partial charge < -0.3 is 16.5 Å². The normalized spacial score (nSPS) is 22.2. The van der Waals surface area contributed by atoms with Crippen LogP contribution in [0.1, 0.15) is 24.6 Å². The molecule has 1 atom stereocenters. The average molecular weight is 165 g/mol. The first-order valence-corrected chi connectivity index (χ1v) is 4.37. The summed E-state index contributed by atoms with van der Waals surface area (Å²) in [6.07, 6.45) is 4.25. The molecule has 0 amide bonds. The topological polar surface area (TPSA) is 67.8 Å². The third-order valence-electron chi connectivity index (χ3n) is 2.92. The lowest BCUT2D eigenvalue weighted by atomic mass is 9.95. The minimum Gasteiger partial charge on any atom is -0.364 e.